The van der Waals surface area contributed by atoms with E-state index < -0.39 is 0 Å². The largest absolute Gasteiger partial charge is 0.330 e. The highest BCUT2D eigenvalue weighted by atomic mass is 14.9. The molecule has 0 bridgehead atoms. The number of hydrogen-bond acceptors (Lipinski definition) is 2. The van der Waals surface area contributed by atoms with Gasteiger partial charge in [-0.3, -0.25) is 0 Å². The van der Waals surface area contributed by atoms with Gasteiger partial charge in [0.2, 0.25) is 0 Å². The zero-order chi connectivity index (χ0) is 12.7. The molecule has 1 atom stereocenters. The molecule has 1 saturated carbocycles. The molecule has 0 aromatic heterocycles. The highest BCUT2D eigenvalue weighted by Crippen LogP contribution is 2.39. The summed E-state index contributed by atoms with van der Waals surface area (Å²) in [5.74, 6) is 1.60. The molecule has 3 N–H and O–H groups in total. The van der Waals surface area contributed by atoms with E-state index >= 15 is 0 Å². The predicted molar refractivity (Wildman–Crippen MR) is 76.1 cm³/mol. The second kappa shape index (κ2) is 7.38. The van der Waals surface area contributed by atoms with Crippen LogP contribution in [0.2, 0.25) is 0 Å². The molecule has 1 unspecified atom stereocenters. The second-order valence-electron chi connectivity index (χ2n) is 6.56. The van der Waals surface area contributed by atoms with E-state index in [9.17, 15) is 0 Å². The van der Waals surface area contributed by atoms with Gasteiger partial charge in [-0.25, -0.2) is 0 Å². The molecule has 0 aromatic carbocycles. The Labute approximate surface area is 108 Å². The van der Waals surface area contributed by atoms with Crippen LogP contribution in [0.25, 0.3) is 0 Å². The molecule has 0 aromatic rings. The number of nitrogens with one attached hydrogen (secondary N) is 1. The Hall–Kier alpha value is -0.0800. The normalized spacial score (nSPS) is 20.3. The van der Waals surface area contributed by atoms with E-state index in [1.54, 1.807) is 0 Å². The van der Waals surface area contributed by atoms with Crippen LogP contribution in [-0.2, 0) is 0 Å². The molecule has 1 rings (SSSR count). The zero-order valence-electron chi connectivity index (χ0n) is 12.1. The summed E-state index contributed by atoms with van der Waals surface area (Å²) >= 11 is 0. The fourth-order valence-corrected chi connectivity index (χ4v) is 2.86. The van der Waals surface area contributed by atoms with Gasteiger partial charge in [0.05, 0.1) is 0 Å². The molecule has 1 aliphatic rings. The Kier molecular flexibility index (Phi) is 6.50. The number of hydrogen-bond donors (Lipinski definition) is 2. The van der Waals surface area contributed by atoms with Crippen molar-refractivity contribution in [2.24, 2.45) is 23.0 Å². The Balaban J connectivity index is 2.01. The highest BCUT2D eigenvalue weighted by Gasteiger charge is 2.30. The maximum absolute atomic E-state index is 5.66. The maximum atomic E-state index is 5.66. The summed E-state index contributed by atoms with van der Waals surface area (Å²) in [5.41, 5.74) is 6.28. The number of nitrogens with two attached hydrogens (primary N) is 1. The first-order valence-corrected chi connectivity index (χ1v) is 7.48. The lowest BCUT2D eigenvalue weighted by molar-refractivity contribution is 0.156. The molecule has 102 valence electrons. The first-order valence-electron chi connectivity index (χ1n) is 7.48. The smallest absolute Gasteiger partial charge is 0.000516 e. The minimum absolute atomic E-state index is 0.620. The zero-order valence-corrected chi connectivity index (χ0v) is 12.1. The molecule has 0 amide bonds. The Morgan fingerprint density at radius 3 is 2.41 bits per heavy atom. The van der Waals surface area contributed by atoms with Crippen molar-refractivity contribution in [2.45, 2.75) is 59.3 Å². The van der Waals surface area contributed by atoms with Crippen LogP contribution in [0.3, 0.4) is 0 Å². The van der Waals surface area contributed by atoms with Crippen LogP contribution in [0.15, 0.2) is 0 Å². The minimum atomic E-state index is 0.620. The van der Waals surface area contributed by atoms with Crippen LogP contribution in [0.1, 0.15) is 59.3 Å². The summed E-state index contributed by atoms with van der Waals surface area (Å²) in [6, 6.07) is 0. The summed E-state index contributed by atoms with van der Waals surface area (Å²) < 4.78 is 0. The van der Waals surface area contributed by atoms with Crippen molar-refractivity contribution in [1.29, 1.82) is 0 Å². The van der Waals surface area contributed by atoms with Crippen LogP contribution >= 0.6 is 0 Å². The van der Waals surface area contributed by atoms with E-state index in [2.05, 4.69) is 26.1 Å². The molecule has 1 aliphatic carbocycles. The van der Waals surface area contributed by atoms with Crippen molar-refractivity contribution in [3.63, 3.8) is 0 Å². The van der Waals surface area contributed by atoms with Crippen LogP contribution in [-0.4, -0.2) is 19.6 Å². The third-order valence-electron chi connectivity index (χ3n) is 4.52. The number of rotatable bonds is 9. The quantitative estimate of drug-likeness (QED) is 0.608. The second-order valence-corrected chi connectivity index (χ2v) is 6.56. The Bertz CT molecular complexity index is 197. The summed E-state index contributed by atoms with van der Waals surface area (Å²) in [6.07, 6.45) is 8.10. The van der Waals surface area contributed by atoms with Crippen LogP contribution in [0.4, 0.5) is 0 Å². The topological polar surface area (TPSA) is 38.0 Å². The van der Waals surface area contributed by atoms with E-state index in [1.165, 1.54) is 51.6 Å². The van der Waals surface area contributed by atoms with Crippen molar-refractivity contribution in [1.82, 2.24) is 5.32 Å². The minimum Gasteiger partial charge on any atom is -0.330 e. The van der Waals surface area contributed by atoms with Gasteiger partial charge in [-0.1, -0.05) is 27.2 Å². The first-order chi connectivity index (χ1) is 8.07. The molecular weight excluding hydrogens is 208 g/mol. The summed E-state index contributed by atoms with van der Waals surface area (Å²) in [7, 11) is 0. The summed E-state index contributed by atoms with van der Waals surface area (Å²) in [4.78, 5) is 0. The molecule has 0 aliphatic heterocycles. The van der Waals surface area contributed by atoms with E-state index in [0.717, 1.165) is 18.4 Å². The van der Waals surface area contributed by atoms with E-state index in [1.807, 2.05) is 0 Å². The standard InChI is InChI=1S/C15H32N2/c1-13(2)14(7-10-16)6-4-11-17-12-15(3)8-5-9-15/h13-14,17H,4-12,16H2,1-3H3. The van der Waals surface area contributed by atoms with Gasteiger partial charge in [-0.15, -0.1) is 0 Å². The Morgan fingerprint density at radius 1 is 1.24 bits per heavy atom. The fourth-order valence-electron chi connectivity index (χ4n) is 2.86. The lowest BCUT2D eigenvalue weighted by atomic mass is 9.70. The van der Waals surface area contributed by atoms with Gasteiger partial charge in [0.15, 0.2) is 0 Å². The molecule has 17 heavy (non-hydrogen) atoms. The molecule has 2 nitrogen and oxygen atoms in total. The van der Waals surface area contributed by atoms with Gasteiger partial charge in [0, 0.05) is 6.54 Å². The van der Waals surface area contributed by atoms with Gasteiger partial charge < -0.3 is 11.1 Å². The van der Waals surface area contributed by atoms with Crippen molar-refractivity contribution >= 4 is 0 Å². The van der Waals surface area contributed by atoms with Gasteiger partial charge in [-0.2, -0.15) is 0 Å². The molecule has 0 radical (unpaired) electrons. The third kappa shape index (κ3) is 5.39. The van der Waals surface area contributed by atoms with Crippen LogP contribution < -0.4 is 11.1 Å². The molecular formula is C15H32N2. The molecule has 0 saturated heterocycles. The maximum Gasteiger partial charge on any atom is 0.000516 e. The van der Waals surface area contributed by atoms with Gasteiger partial charge in [0.1, 0.15) is 0 Å². The van der Waals surface area contributed by atoms with Crippen molar-refractivity contribution < 1.29 is 0 Å². The third-order valence-corrected chi connectivity index (χ3v) is 4.52. The first kappa shape index (κ1) is 15.0. The Morgan fingerprint density at radius 2 is 1.94 bits per heavy atom. The highest BCUT2D eigenvalue weighted by molar-refractivity contribution is 4.85. The monoisotopic (exact) mass is 240 g/mol. The summed E-state index contributed by atoms with van der Waals surface area (Å²) in [5, 5.41) is 3.63. The van der Waals surface area contributed by atoms with E-state index in [0.29, 0.717) is 5.41 Å². The van der Waals surface area contributed by atoms with Crippen LogP contribution in [0, 0.1) is 17.3 Å². The van der Waals surface area contributed by atoms with E-state index in [-0.39, 0.29) is 0 Å². The van der Waals surface area contributed by atoms with Gasteiger partial charge in [0.25, 0.3) is 0 Å². The van der Waals surface area contributed by atoms with Crippen molar-refractivity contribution in [3.8, 4) is 0 Å². The fraction of sp³-hybridized carbons (Fsp3) is 1.00. The molecule has 2 heteroatoms. The average molecular weight is 240 g/mol. The SMILES string of the molecule is CC(C)C(CCN)CCCNCC1(C)CCC1. The molecule has 0 spiro atoms. The summed E-state index contributed by atoms with van der Waals surface area (Å²) in [6.45, 7) is 10.3. The predicted octanol–water partition coefficient (Wildman–Crippen LogP) is 3.17. The van der Waals surface area contributed by atoms with E-state index in [4.69, 9.17) is 5.73 Å². The van der Waals surface area contributed by atoms with Crippen molar-refractivity contribution in [2.75, 3.05) is 19.6 Å². The lowest BCUT2D eigenvalue weighted by Gasteiger charge is -2.38. The lowest BCUT2D eigenvalue weighted by Crippen LogP contribution is -2.37. The molecule has 1 fully saturated rings. The average Bonchev–Trinajstić information content (AvgIpc) is 2.24. The van der Waals surface area contributed by atoms with Crippen LogP contribution in [0.5, 0.6) is 0 Å². The van der Waals surface area contributed by atoms with Crippen molar-refractivity contribution in [3.05, 3.63) is 0 Å². The molecule has 0 heterocycles. The van der Waals surface area contributed by atoms with Gasteiger partial charge >= 0.3 is 0 Å². The van der Waals surface area contributed by atoms with Gasteiger partial charge in [-0.05, 0) is 62.4 Å².